The van der Waals surface area contributed by atoms with Crippen LogP contribution in [-0.4, -0.2) is 22.6 Å². The summed E-state index contributed by atoms with van der Waals surface area (Å²) >= 11 is 0. The Morgan fingerprint density at radius 2 is 2.00 bits per heavy atom. The lowest BCUT2D eigenvalue weighted by Gasteiger charge is -2.33. The molecule has 0 aromatic heterocycles. The Bertz CT molecular complexity index is 578. The maximum Gasteiger partial charge on any atom is 0.120 e. The van der Waals surface area contributed by atoms with Crippen molar-refractivity contribution in [2.45, 2.75) is 38.8 Å². The number of aromatic hydroxyl groups is 1. The molecule has 1 aliphatic heterocycles. The zero-order valence-electron chi connectivity index (χ0n) is 11.5. The molecule has 0 bridgehead atoms. The van der Waals surface area contributed by atoms with Crippen LogP contribution in [0.15, 0.2) is 36.4 Å². The fourth-order valence-corrected chi connectivity index (χ4v) is 3.09. The molecule has 19 heavy (non-hydrogen) atoms. The van der Waals surface area contributed by atoms with Gasteiger partial charge in [-0.1, -0.05) is 36.8 Å². The Balaban J connectivity index is 1.97. The summed E-state index contributed by atoms with van der Waals surface area (Å²) in [4.78, 5) is 2.49. The standard InChI is InChI=1S/C17H21NO/c1-13-6-4-5-11-18(13)12-16-15-8-3-2-7-14(15)9-10-17(16)19/h2-3,7-10,13,19H,4-6,11-12H2,1H3/t13-/m0/s1. The quantitative estimate of drug-likeness (QED) is 0.879. The van der Waals surface area contributed by atoms with Crippen LogP contribution >= 0.6 is 0 Å². The molecule has 2 aromatic rings. The summed E-state index contributed by atoms with van der Waals surface area (Å²) in [6.07, 6.45) is 3.88. The highest BCUT2D eigenvalue weighted by Gasteiger charge is 2.20. The van der Waals surface area contributed by atoms with Crippen molar-refractivity contribution in [3.8, 4) is 5.75 Å². The van der Waals surface area contributed by atoms with Crippen LogP contribution in [0.25, 0.3) is 10.8 Å². The number of phenols is 1. The smallest absolute Gasteiger partial charge is 0.120 e. The van der Waals surface area contributed by atoms with Crippen molar-refractivity contribution in [3.63, 3.8) is 0 Å². The third-order valence-electron chi connectivity index (χ3n) is 4.32. The third-order valence-corrected chi connectivity index (χ3v) is 4.32. The van der Waals surface area contributed by atoms with E-state index in [-0.39, 0.29) is 0 Å². The molecule has 1 N–H and O–H groups in total. The number of piperidine rings is 1. The number of fused-ring (bicyclic) bond motifs is 1. The van der Waals surface area contributed by atoms with Crippen molar-refractivity contribution in [3.05, 3.63) is 42.0 Å². The summed E-state index contributed by atoms with van der Waals surface area (Å²) in [5, 5.41) is 12.6. The van der Waals surface area contributed by atoms with Gasteiger partial charge in [0.25, 0.3) is 0 Å². The van der Waals surface area contributed by atoms with Gasteiger partial charge >= 0.3 is 0 Å². The van der Waals surface area contributed by atoms with Crippen molar-refractivity contribution >= 4 is 10.8 Å². The molecule has 2 aromatic carbocycles. The highest BCUT2D eigenvalue weighted by atomic mass is 16.3. The third kappa shape index (κ3) is 2.45. The van der Waals surface area contributed by atoms with Crippen LogP contribution in [0.1, 0.15) is 31.7 Å². The zero-order valence-corrected chi connectivity index (χ0v) is 11.5. The number of hydrogen-bond acceptors (Lipinski definition) is 2. The molecule has 100 valence electrons. The number of hydrogen-bond donors (Lipinski definition) is 1. The molecule has 3 rings (SSSR count). The van der Waals surface area contributed by atoms with E-state index in [9.17, 15) is 5.11 Å². The summed E-state index contributed by atoms with van der Waals surface area (Å²) in [5.74, 6) is 0.427. The van der Waals surface area contributed by atoms with E-state index in [0.29, 0.717) is 11.8 Å². The summed E-state index contributed by atoms with van der Waals surface area (Å²) in [5.41, 5.74) is 1.08. The van der Waals surface area contributed by atoms with Gasteiger partial charge in [0.1, 0.15) is 5.75 Å². The summed E-state index contributed by atoms with van der Waals surface area (Å²) in [7, 11) is 0. The molecule has 0 amide bonds. The first-order valence-electron chi connectivity index (χ1n) is 7.19. The van der Waals surface area contributed by atoms with Crippen LogP contribution < -0.4 is 0 Å². The second kappa shape index (κ2) is 5.22. The summed E-state index contributed by atoms with van der Waals surface area (Å²) < 4.78 is 0. The SMILES string of the molecule is C[C@H]1CCCCN1Cc1c(O)ccc2ccccc12. The van der Waals surface area contributed by atoms with Crippen LogP contribution in [0, 0.1) is 0 Å². The molecule has 1 fully saturated rings. The molecule has 1 heterocycles. The zero-order chi connectivity index (χ0) is 13.2. The minimum absolute atomic E-state index is 0.427. The van der Waals surface area contributed by atoms with E-state index in [4.69, 9.17) is 0 Å². The molecule has 0 aliphatic carbocycles. The monoisotopic (exact) mass is 255 g/mol. The topological polar surface area (TPSA) is 23.5 Å². The van der Waals surface area contributed by atoms with Crippen LogP contribution in [0.4, 0.5) is 0 Å². The molecular formula is C17H21NO. The second-order valence-electron chi connectivity index (χ2n) is 5.60. The summed E-state index contributed by atoms with van der Waals surface area (Å²) in [6, 6.07) is 12.8. The molecule has 1 atom stereocenters. The van der Waals surface area contributed by atoms with Crippen molar-refractivity contribution in [1.29, 1.82) is 0 Å². The van der Waals surface area contributed by atoms with Crippen molar-refractivity contribution in [1.82, 2.24) is 4.90 Å². The predicted molar refractivity (Wildman–Crippen MR) is 79.3 cm³/mol. The van der Waals surface area contributed by atoms with Crippen LogP contribution in [0.5, 0.6) is 5.75 Å². The van der Waals surface area contributed by atoms with Crippen LogP contribution in [0.3, 0.4) is 0 Å². The van der Waals surface area contributed by atoms with E-state index in [0.717, 1.165) is 18.7 Å². The first kappa shape index (κ1) is 12.5. The maximum absolute atomic E-state index is 10.2. The molecule has 2 heteroatoms. The largest absolute Gasteiger partial charge is 0.508 e. The molecule has 2 nitrogen and oxygen atoms in total. The van der Waals surface area contributed by atoms with E-state index in [2.05, 4.69) is 24.0 Å². The van der Waals surface area contributed by atoms with Crippen molar-refractivity contribution in [2.24, 2.45) is 0 Å². The number of likely N-dealkylation sites (tertiary alicyclic amines) is 1. The van der Waals surface area contributed by atoms with Gasteiger partial charge in [0, 0.05) is 18.2 Å². The van der Waals surface area contributed by atoms with Gasteiger partial charge in [0.2, 0.25) is 0 Å². The average Bonchev–Trinajstić information content (AvgIpc) is 2.44. The van der Waals surface area contributed by atoms with E-state index < -0.39 is 0 Å². The number of benzene rings is 2. The van der Waals surface area contributed by atoms with Crippen LogP contribution in [-0.2, 0) is 6.54 Å². The van der Waals surface area contributed by atoms with Crippen molar-refractivity contribution in [2.75, 3.05) is 6.54 Å². The van der Waals surface area contributed by atoms with Gasteiger partial charge in [-0.05, 0) is 43.1 Å². The van der Waals surface area contributed by atoms with E-state index in [1.54, 1.807) is 0 Å². The number of phenolic OH excluding ortho intramolecular Hbond substituents is 1. The Kier molecular flexibility index (Phi) is 3.43. The Morgan fingerprint density at radius 1 is 1.16 bits per heavy atom. The van der Waals surface area contributed by atoms with Crippen LogP contribution in [0.2, 0.25) is 0 Å². The van der Waals surface area contributed by atoms with Crippen molar-refractivity contribution < 1.29 is 5.11 Å². The second-order valence-corrected chi connectivity index (χ2v) is 5.60. The minimum atomic E-state index is 0.427. The van der Waals surface area contributed by atoms with Gasteiger partial charge in [-0.3, -0.25) is 4.90 Å². The Labute approximate surface area is 114 Å². The fraction of sp³-hybridized carbons (Fsp3) is 0.412. The highest BCUT2D eigenvalue weighted by Crippen LogP contribution is 2.30. The predicted octanol–water partition coefficient (Wildman–Crippen LogP) is 3.92. The Hall–Kier alpha value is -1.54. The van der Waals surface area contributed by atoms with E-state index in [1.165, 1.54) is 30.0 Å². The van der Waals surface area contributed by atoms with E-state index in [1.807, 2.05) is 24.3 Å². The Morgan fingerprint density at radius 3 is 2.84 bits per heavy atom. The average molecular weight is 255 g/mol. The van der Waals surface area contributed by atoms with Gasteiger partial charge in [0.15, 0.2) is 0 Å². The number of nitrogens with zero attached hydrogens (tertiary/aromatic N) is 1. The molecule has 0 radical (unpaired) electrons. The minimum Gasteiger partial charge on any atom is -0.508 e. The van der Waals surface area contributed by atoms with E-state index >= 15 is 0 Å². The molecule has 0 spiro atoms. The molecule has 1 aliphatic rings. The maximum atomic E-state index is 10.2. The lowest BCUT2D eigenvalue weighted by atomic mass is 9.99. The van der Waals surface area contributed by atoms with Gasteiger partial charge in [-0.2, -0.15) is 0 Å². The lowest BCUT2D eigenvalue weighted by Crippen LogP contribution is -2.36. The van der Waals surface area contributed by atoms with Gasteiger partial charge in [-0.15, -0.1) is 0 Å². The molecule has 0 saturated carbocycles. The first-order valence-corrected chi connectivity index (χ1v) is 7.19. The fourth-order valence-electron chi connectivity index (χ4n) is 3.09. The molecule has 1 saturated heterocycles. The summed E-state index contributed by atoms with van der Waals surface area (Å²) in [6.45, 7) is 4.29. The first-order chi connectivity index (χ1) is 9.25. The van der Waals surface area contributed by atoms with Gasteiger partial charge in [0.05, 0.1) is 0 Å². The highest BCUT2D eigenvalue weighted by molar-refractivity contribution is 5.87. The molecular weight excluding hydrogens is 234 g/mol. The number of rotatable bonds is 2. The van der Waals surface area contributed by atoms with Gasteiger partial charge < -0.3 is 5.11 Å². The van der Waals surface area contributed by atoms with Gasteiger partial charge in [-0.25, -0.2) is 0 Å². The lowest BCUT2D eigenvalue weighted by molar-refractivity contribution is 0.152. The normalized spacial score (nSPS) is 20.8. The molecule has 0 unspecified atom stereocenters.